The summed E-state index contributed by atoms with van der Waals surface area (Å²) in [5, 5.41) is 13.1. The number of aliphatic hydroxyl groups is 1. The van der Waals surface area contributed by atoms with Crippen LogP contribution in [0.4, 0.5) is 0 Å². The van der Waals surface area contributed by atoms with E-state index in [1.165, 1.54) is 0 Å². The smallest absolute Gasteiger partial charge is 0.252 e. The number of amides is 1. The first kappa shape index (κ1) is 16.0. The Morgan fingerprint density at radius 2 is 1.95 bits per heavy atom. The second-order valence-electron chi connectivity index (χ2n) is 5.74. The van der Waals surface area contributed by atoms with Crippen molar-refractivity contribution in [2.24, 2.45) is 0 Å². The Hall–Kier alpha value is -1.39. The minimum Gasteiger partial charge on any atom is -0.380 e. The van der Waals surface area contributed by atoms with Crippen LogP contribution in [0.15, 0.2) is 24.3 Å². The standard InChI is InChI=1S/C17H25NO3/c1-2-11-21-13-15-8-4-3-7-14(15)12-18-16(19)17(20)9-5-6-10-17/h3-4,7-8,20H,2,5-6,9-13H2,1H3,(H,18,19). The number of rotatable bonds is 7. The summed E-state index contributed by atoms with van der Waals surface area (Å²) in [5.41, 5.74) is 0.974. The number of benzene rings is 1. The summed E-state index contributed by atoms with van der Waals surface area (Å²) in [7, 11) is 0. The van der Waals surface area contributed by atoms with E-state index < -0.39 is 5.60 Å². The number of carbonyl (C=O) groups excluding carboxylic acids is 1. The molecule has 1 aliphatic carbocycles. The summed E-state index contributed by atoms with van der Waals surface area (Å²) in [6, 6.07) is 7.93. The number of hydrogen-bond acceptors (Lipinski definition) is 3. The van der Waals surface area contributed by atoms with E-state index in [0.717, 1.165) is 37.0 Å². The first-order valence-corrected chi connectivity index (χ1v) is 7.81. The fourth-order valence-corrected chi connectivity index (χ4v) is 2.72. The van der Waals surface area contributed by atoms with Crippen LogP contribution in [0.5, 0.6) is 0 Å². The second-order valence-corrected chi connectivity index (χ2v) is 5.74. The van der Waals surface area contributed by atoms with Crippen LogP contribution < -0.4 is 5.32 Å². The molecule has 1 amide bonds. The van der Waals surface area contributed by atoms with Gasteiger partial charge in [0.25, 0.3) is 5.91 Å². The maximum Gasteiger partial charge on any atom is 0.252 e. The van der Waals surface area contributed by atoms with Crippen molar-refractivity contribution in [1.82, 2.24) is 5.32 Å². The topological polar surface area (TPSA) is 58.6 Å². The number of ether oxygens (including phenoxy) is 1. The molecule has 2 rings (SSSR count). The van der Waals surface area contributed by atoms with Crippen molar-refractivity contribution in [2.45, 2.75) is 57.8 Å². The van der Waals surface area contributed by atoms with Gasteiger partial charge in [-0.2, -0.15) is 0 Å². The maximum atomic E-state index is 12.1. The van der Waals surface area contributed by atoms with E-state index in [9.17, 15) is 9.90 Å². The molecule has 0 heterocycles. The Kier molecular flexibility index (Phi) is 5.76. The van der Waals surface area contributed by atoms with Gasteiger partial charge in [-0.05, 0) is 43.2 Å². The summed E-state index contributed by atoms with van der Waals surface area (Å²) < 4.78 is 5.57. The van der Waals surface area contributed by atoms with Crippen LogP contribution in [0.3, 0.4) is 0 Å². The van der Waals surface area contributed by atoms with Gasteiger partial charge in [-0.1, -0.05) is 31.2 Å². The molecule has 1 aromatic carbocycles. The highest BCUT2D eigenvalue weighted by molar-refractivity contribution is 5.85. The van der Waals surface area contributed by atoms with Crippen LogP contribution in [0, 0.1) is 0 Å². The molecular formula is C17H25NO3. The molecule has 4 heteroatoms. The van der Waals surface area contributed by atoms with Crippen molar-refractivity contribution < 1.29 is 14.6 Å². The molecular weight excluding hydrogens is 266 g/mol. The van der Waals surface area contributed by atoms with Crippen molar-refractivity contribution >= 4 is 5.91 Å². The van der Waals surface area contributed by atoms with Crippen LogP contribution in [0.1, 0.15) is 50.2 Å². The number of carbonyl (C=O) groups is 1. The zero-order valence-corrected chi connectivity index (χ0v) is 12.7. The molecule has 0 unspecified atom stereocenters. The monoisotopic (exact) mass is 291 g/mol. The Balaban J connectivity index is 1.91. The van der Waals surface area contributed by atoms with Crippen molar-refractivity contribution in [1.29, 1.82) is 0 Å². The third-order valence-electron chi connectivity index (χ3n) is 4.02. The first-order chi connectivity index (χ1) is 10.2. The van der Waals surface area contributed by atoms with Gasteiger partial charge in [0.15, 0.2) is 0 Å². The van der Waals surface area contributed by atoms with Gasteiger partial charge in [-0.25, -0.2) is 0 Å². The third-order valence-corrected chi connectivity index (χ3v) is 4.02. The minimum absolute atomic E-state index is 0.246. The molecule has 2 N–H and O–H groups in total. The van der Waals surface area contributed by atoms with E-state index in [0.29, 0.717) is 26.0 Å². The van der Waals surface area contributed by atoms with Gasteiger partial charge in [0.2, 0.25) is 0 Å². The molecule has 1 aliphatic rings. The SMILES string of the molecule is CCCOCc1ccccc1CNC(=O)C1(O)CCCC1. The Morgan fingerprint density at radius 1 is 1.29 bits per heavy atom. The molecule has 0 aromatic heterocycles. The summed E-state index contributed by atoms with van der Waals surface area (Å²) in [4.78, 5) is 12.1. The summed E-state index contributed by atoms with van der Waals surface area (Å²) in [5.74, 6) is -0.246. The van der Waals surface area contributed by atoms with Crippen LogP contribution in [0.2, 0.25) is 0 Å². The molecule has 1 saturated carbocycles. The van der Waals surface area contributed by atoms with Gasteiger partial charge >= 0.3 is 0 Å². The van der Waals surface area contributed by atoms with Crippen LogP contribution in [0.25, 0.3) is 0 Å². The minimum atomic E-state index is -1.16. The average molecular weight is 291 g/mol. The molecule has 1 aromatic rings. The maximum absolute atomic E-state index is 12.1. The van der Waals surface area contributed by atoms with Crippen molar-refractivity contribution in [3.8, 4) is 0 Å². The van der Waals surface area contributed by atoms with Gasteiger partial charge < -0.3 is 15.2 Å². The van der Waals surface area contributed by atoms with E-state index in [1.54, 1.807) is 0 Å². The Morgan fingerprint density at radius 3 is 2.62 bits per heavy atom. The quantitative estimate of drug-likeness (QED) is 0.759. The summed E-state index contributed by atoms with van der Waals surface area (Å²) >= 11 is 0. The lowest BCUT2D eigenvalue weighted by Gasteiger charge is -2.21. The highest BCUT2D eigenvalue weighted by Crippen LogP contribution is 2.29. The molecule has 1 fully saturated rings. The fraction of sp³-hybridized carbons (Fsp3) is 0.588. The molecule has 116 valence electrons. The molecule has 0 atom stereocenters. The van der Waals surface area contributed by atoms with Gasteiger partial charge in [0.05, 0.1) is 6.61 Å². The summed E-state index contributed by atoms with van der Waals surface area (Å²) in [6.07, 6.45) is 3.98. The van der Waals surface area contributed by atoms with Crippen LogP contribution in [-0.2, 0) is 22.7 Å². The van der Waals surface area contributed by atoms with Gasteiger partial charge in [0, 0.05) is 13.2 Å². The number of hydrogen-bond donors (Lipinski definition) is 2. The molecule has 0 saturated heterocycles. The second kappa shape index (κ2) is 7.57. The largest absolute Gasteiger partial charge is 0.380 e. The van der Waals surface area contributed by atoms with E-state index in [2.05, 4.69) is 12.2 Å². The van der Waals surface area contributed by atoms with Crippen molar-refractivity contribution in [3.63, 3.8) is 0 Å². The Bertz CT molecular complexity index is 467. The zero-order valence-electron chi connectivity index (χ0n) is 12.7. The predicted molar refractivity (Wildman–Crippen MR) is 81.7 cm³/mol. The molecule has 4 nitrogen and oxygen atoms in total. The lowest BCUT2D eigenvalue weighted by atomic mass is 10.0. The lowest BCUT2D eigenvalue weighted by molar-refractivity contribution is -0.139. The average Bonchev–Trinajstić information content (AvgIpc) is 2.94. The summed E-state index contributed by atoms with van der Waals surface area (Å²) in [6.45, 7) is 3.81. The van der Waals surface area contributed by atoms with Gasteiger partial charge in [-0.3, -0.25) is 4.79 Å². The Labute approximate surface area is 126 Å². The molecule has 0 bridgehead atoms. The highest BCUT2D eigenvalue weighted by atomic mass is 16.5. The van der Waals surface area contributed by atoms with Crippen LogP contribution >= 0.6 is 0 Å². The van der Waals surface area contributed by atoms with E-state index in [4.69, 9.17) is 4.74 Å². The predicted octanol–water partition coefficient (Wildman–Crippen LogP) is 2.53. The highest BCUT2D eigenvalue weighted by Gasteiger charge is 2.38. The molecule has 0 radical (unpaired) electrons. The fourth-order valence-electron chi connectivity index (χ4n) is 2.72. The van der Waals surface area contributed by atoms with E-state index >= 15 is 0 Å². The van der Waals surface area contributed by atoms with Crippen LogP contribution in [-0.4, -0.2) is 23.2 Å². The van der Waals surface area contributed by atoms with Crippen molar-refractivity contribution in [2.75, 3.05) is 6.61 Å². The van der Waals surface area contributed by atoms with E-state index in [1.807, 2.05) is 24.3 Å². The molecule has 0 spiro atoms. The van der Waals surface area contributed by atoms with Crippen molar-refractivity contribution in [3.05, 3.63) is 35.4 Å². The van der Waals surface area contributed by atoms with E-state index in [-0.39, 0.29) is 5.91 Å². The van der Waals surface area contributed by atoms with Gasteiger partial charge in [-0.15, -0.1) is 0 Å². The normalized spacial score (nSPS) is 16.9. The molecule has 0 aliphatic heterocycles. The zero-order chi connectivity index (χ0) is 15.1. The number of nitrogens with one attached hydrogen (secondary N) is 1. The first-order valence-electron chi connectivity index (χ1n) is 7.81. The molecule has 21 heavy (non-hydrogen) atoms. The third kappa shape index (κ3) is 4.29. The lowest BCUT2D eigenvalue weighted by Crippen LogP contribution is -2.44. The van der Waals surface area contributed by atoms with Gasteiger partial charge in [0.1, 0.15) is 5.60 Å².